The van der Waals surface area contributed by atoms with Gasteiger partial charge in [-0.25, -0.2) is 0 Å². The Balaban J connectivity index is 2.24. The number of nitrogens with one attached hydrogen (secondary N) is 2. The summed E-state index contributed by atoms with van der Waals surface area (Å²) >= 11 is 0. The van der Waals surface area contributed by atoms with Crippen LogP contribution in [0.1, 0.15) is 22.3 Å². The van der Waals surface area contributed by atoms with E-state index in [9.17, 15) is 9.59 Å². The van der Waals surface area contributed by atoms with E-state index < -0.39 is 11.8 Å². The third-order valence-electron chi connectivity index (χ3n) is 3.58. The van der Waals surface area contributed by atoms with Gasteiger partial charge in [0.25, 0.3) is 11.8 Å². The van der Waals surface area contributed by atoms with Gasteiger partial charge in [0.05, 0.1) is 12.7 Å². The molecule has 2 amide bonds. The Bertz CT molecular complexity index is 772. The van der Waals surface area contributed by atoms with Crippen molar-refractivity contribution in [2.45, 2.75) is 6.42 Å². The van der Waals surface area contributed by atoms with E-state index in [0.717, 1.165) is 5.56 Å². The maximum atomic E-state index is 12.6. The van der Waals surface area contributed by atoms with Crippen LogP contribution in [-0.4, -0.2) is 37.2 Å². The van der Waals surface area contributed by atoms with Crippen molar-refractivity contribution < 1.29 is 19.4 Å². The Morgan fingerprint density at radius 1 is 1.08 bits per heavy atom. The lowest BCUT2D eigenvalue weighted by Gasteiger charge is -2.12. The van der Waals surface area contributed by atoms with E-state index in [4.69, 9.17) is 9.84 Å². The number of hydrogen-bond acceptors (Lipinski definition) is 4. The Morgan fingerprint density at radius 3 is 2.46 bits per heavy atom. The van der Waals surface area contributed by atoms with Crippen molar-refractivity contribution in [2.75, 3.05) is 20.3 Å². The standard InChI is InChI=1S/C20H22N2O4/c1-26-18-11-6-5-10-16(18)19(24)22-17(20(25)21-12-7-13-23)14-15-8-3-2-4-9-15/h2-6,8-11,14,23H,7,12-13H2,1H3,(H,21,25)(H,22,24)/b17-14-. The fourth-order valence-corrected chi connectivity index (χ4v) is 2.27. The van der Waals surface area contributed by atoms with Crippen molar-refractivity contribution in [2.24, 2.45) is 0 Å². The van der Waals surface area contributed by atoms with E-state index in [1.165, 1.54) is 7.11 Å². The lowest BCUT2D eigenvalue weighted by atomic mass is 10.1. The van der Waals surface area contributed by atoms with Crippen LogP contribution in [0.25, 0.3) is 6.08 Å². The minimum absolute atomic E-state index is 0.0222. The Kier molecular flexibility index (Phi) is 7.39. The summed E-state index contributed by atoms with van der Waals surface area (Å²) < 4.78 is 5.20. The van der Waals surface area contributed by atoms with Crippen LogP contribution in [0.3, 0.4) is 0 Å². The van der Waals surface area contributed by atoms with Crippen molar-refractivity contribution in [3.8, 4) is 5.75 Å². The van der Waals surface area contributed by atoms with Crippen LogP contribution in [0.4, 0.5) is 0 Å². The van der Waals surface area contributed by atoms with Crippen LogP contribution in [0.5, 0.6) is 5.75 Å². The van der Waals surface area contributed by atoms with Crippen LogP contribution in [0.2, 0.25) is 0 Å². The first-order valence-electron chi connectivity index (χ1n) is 8.26. The Morgan fingerprint density at radius 2 is 1.77 bits per heavy atom. The molecule has 136 valence electrons. The van der Waals surface area contributed by atoms with Crippen LogP contribution < -0.4 is 15.4 Å². The van der Waals surface area contributed by atoms with E-state index in [-0.39, 0.29) is 12.3 Å². The van der Waals surface area contributed by atoms with E-state index in [1.807, 2.05) is 30.3 Å². The zero-order valence-electron chi connectivity index (χ0n) is 14.6. The molecule has 0 saturated carbocycles. The lowest BCUT2D eigenvalue weighted by molar-refractivity contribution is -0.117. The molecule has 2 aromatic rings. The average Bonchev–Trinajstić information content (AvgIpc) is 2.68. The fraction of sp³-hybridized carbons (Fsp3) is 0.200. The molecule has 6 heteroatoms. The molecule has 0 aliphatic rings. The highest BCUT2D eigenvalue weighted by Crippen LogP contribution is 2.17. The second kappa shape index (κ2) is 10.0. The van der Waals surface area contributed by atoms with Crippen molar-refractivity contribution in [3.63, 3.8) is 0 Å². The largest absolute Gasteiger partial charge is 0.496 e. The summed E-state index contributed by atoms with van der Waals surface area (Å²) in [6.07, 6.45) is 2.03. The second-order valence-electron chi connectivity index (χ2n) is 5.46. The molecule has 0 atom stereocenters. The molecular formula is C20H22N2O4. The highest BCUT2D eigenvalue weighted by Gasteiger charge is 2.17. The van der Waals surface area contributed by atoms with E-state index >= 15 is 0 Å². The summed E-state index contributed by atoms with van der Waals surface area (Å²) in [7, 11) is 1.48. The summed E-state index contributed by atoms with van der Waals surface area (Å²) in [4.78, 5) is 25.0. The summed E-state index contributed by atoms with van der Waals surface area (Å²) in [5.74, 6) is -0.447. The zero-order chi connectivity index (χ0) is 18.8. The molecule has 0 bridgehead atoms. The molecule has 0 saturated heterocycles. The number of hydrogen-bond donors (Lipinski definition) is 3. The molecule has 0 spiro atoms. The number of para-hydroxylation sites is 1. The van der Waals surface area contributed by atoms with Crippen LogP contribution in [-0.2, 0) is 4.79 Å². The number of aliphatic hydroxyl groups is 1. The van der Waals surface area contributed by atoms with Gasteiger partial charge in [0.2, 0.25) is 0 Å². The Labute approximate surface area is 152 Å². The summed E-state index contributed by atoms with van der Waals surface area (Å²) in [6.45, 7) is 0.289. The number of amides is 2. The van der Waals surface area contributed by atoms with Gasteiger partial charge >= 0.3 is 0 Å². The van der Waals surface area contributed by atoms with Gasteiger partial charge in [-0.05, 0) is 30.2 Å². The minimum atomic E-state index is -0.443. The number of carbonyl (C=O) groups excluding carboxylic acids is 2. The SMILES string of the molecule is COc1ccccc1C(=O)N/C(=C\c1ccccc1)C(=O)NCCCO. The molecular weight excluding hydrogens is 332 g/mol. The van der Waals surface area contributed by atoms with E-state index in [2.05, 4.69) is 10.6 Å². The number of methoxy groups -OCH3 is 1. The summed E-state index contributed by atoms with van der Waals surface area (Å²) in [6, 6.07) is 16.0. The van der Waals surface area contributed by atoms with Crippen molar-refractivity contribution in [1.82, 2.24) is 10.6 Å². The monoisotopic (exact) mass is 354 g/mol. The molecule has 0 aliphatic carbocycles. The topological polar surface area (TPSA) is 87.7 Å². The van der Waals surface area contributed by atoms with Crippen LogP contribution in [0.15, 0.2) is 60.3 Å². The van der Waals surface area contributed by atoms with Gasteiger partial charge in [-0.2, -0.15) is 0 Å². The van der Waals surface area contributed by atoms with Gasteiger partial charge in [0.15, 0.2) is 0 Å². The highest BCUT2D eigenvalue weighted by atomic mass is 16.5. The van der Waals surface area contributed by atoms with Gasteiger partial charge < -0.3 is 20.5 Å². The van der Waals surface area contributed by atoms with Gasteiger partial charge in [-0.15, -0.1) is 0 Å². The van der Waals surface area contributed by atoms with Gasteiger partial charge in [-0.1, -0.05) is 42.5 Å². The molecule has 26 heavy (non-hydrogen) atoms. The summed E-state index contributed by atoms with van der Waals surface area (Å²) in [5, 5.41) is 14.2. The molecule has 0 aromatic heterocycles. The smallest absolute Gasteiger partial charge is 0.267 e. The highest BCUT2D eigenvalue weighted by molar-refractivity contribution is 6.06. The number of carbonyl (C=O) groups is 2. The number of aliphatic hydroxyl groups excluding tert-OH is 1. The Hall–Kier alpha value is -3.12. The normalized spacial score (nSPS) is 10.9. The molecule has 0 aliphatic heterocycles. The maximum absolute atomic E-state index is 12.6. The average molecular weight is 354 g/mol. The van der Waals surface area contributed by atoms with Crippen molar-refractivity contribution >= 4 is 17.9 Å². The third-order valence-corrected chi connectivity index (χ3v) is 3.58. The lowest BCUT2D eigenvalue weighted by Crippen LogP contribution is -2.35. The summed E-state index contributed by atoms with van der Waals surface area (Å²) in [5.41, 5.74) is 1.22. The number of benzene rings is 2. The van der Waals surface area contributed by atoms with Crippen molar-refractivity contribution in [1.29, 1.82) is 0 Å². The van der Waals surface area contributed by atoms with Crippen LogP contribution in [0, 0.1) is 0 Å². The van der Waals surface area contributed by atoms with Gasteiger partial charge in [-0.3, -0.25) is 9.59 Å². The molecule has 0 radical (unpaired) electrons. The number of ether oxygens (including phenoxy) is 1. The number of rotatable bonds is 8. The van der Waals surface area contributed by atoms with E-state index in [0.29, 0.717) is 24.3 Å². The third kappa shape index (κ3) is 5.46. The van der Waals surface area contributed by atoms with Gasteiger partial charge in [0, 0.05) is 13.2 Å². The van der Waals surface area contributed by atoms with Crippen molar-refractivity contribution in [3.05, 3.63) is 71.4 Å². The molecule has 2 aromatic carbocycles. The first-order valence-corrected chi connectivity index (χ1v) is 8.26. The second-order valence-corrected chi connectivity index (χ2v) is 5.46. The molecule has 0 heterocycles. The minimum Gasteiger partial charge on any atom is -0.496 e. The zero-order valence-corrected chi connectivity index (χ0v) is 14.6. The molecule has 0 fully saturated rings. The quantitative estimate of drug-likeness (QED) is 0.500. The predicted molar refractivity (Wildman–Crippen MR) is 99.6 cm³/mol. The molecule has 0 unspecified atom stereocenters. The first-order chi connectivity index (χ1) is 12.7. The van der Waals surface area contributed by atoms with Crippen LogP contribution >= 0.6 is 0 Å². The molecule has 3 N–H and O–H groups in total. The van der Waals surface area contributed by atoms with E-state index in [1.54, 1.807) is 30.3 Å². The predicted octanol–water partition coefficient (Wildman–Crippen LogP) is 1.96. The molecule has 6 nitrogen and oxygen atoms in total. The van der Waals surface area contributed by atoms with Gasteiger partial charge in [0.1, 0.15) is 11.4 Å². The fourth-order valence-electron chi connectivity index (χ4n) is 2.27. The maximum Gasteiger partial charge on any atom is 0.267 e. The first kappa shape index (κ1) is 19.2. The molecule has 2 rings (SSSR count).